The van der Waals surface area contributed by atoms with Crippen LogP contribution in [0.3, 0.4) is 0 Å². The van der Waals surface area contributed by atoms with Crippen molar-refractivity contribution in [1.82, 2.24) is 14.9 Å². The second kappa shape index (κ2) is 6.87. The number of H-pyrrole nitrogens is 1. The van der Waals surface area contributed by atoms with Gasteiger partial charge in [0.1, 0.15) is 5.69 Å². The molecule has 2 aromatic heterocycles. The molecule has 5 nitrogen and oxygen atoms in total. The van der Waals surface area contributed by atoms with E-state index in [0.29, 0.717) is 30.1 Å². The summed E-state index contributed by atoms with van der Waals surface area (Å²) in [6, 6.07) is 17.3. The summed E-state index contributed by atoms with van der Waals surface area (Å²) in [6.45, 7) is 1.35. The molecule has 0 saturated carbocycles. The van der Waals surface area contributed by atoms with E-state index in [9.17, 15) is 9.59 Å². The second-order valence-electron chi connectivity index (χ2n) is 7.19. The number of benzene rings is 2. The van der Waals surface area contributed by atoms with Gasteiger partial charge in [0.05, 0.1) is 15.2 Å². The predicted molar refractivity (Wildman–Crippen MR) is 112 cm³/mol. The van der Waals surface area contributed by atoms with Crippen molar-refractivity contribution in [2.24, 2.45) is 0 Å². The number of carbonyl (C=O) groups is 1. The molecule has 0 spiro atoms. The van der Waals surface area contributed by atoms with Crippen molar-refractivity contribution >= 4 is 38.2 Å². The molecule has 1 amide bonds. The number of aromatic amines is 1. The maximum absolute atomic E-state index is 12.9. The van der Waals surface area contributed by atoms with Gasteiger partial charge in [-0.2, -0.15) is 0 Å². The zero-order valence-electron chi connectivity index (χ0n) is 15.2. The zero-order chi connectivity index (χ0) is 19.1. The van der Waals surface area contributed by atoms with Gasteiger partial charge in [-0.25, -0.2) is 4.98 Å². The first-order valence-corrected chi connectivity index (χ1v) is 10.3. The third-order valence-corrected chi connectivity index (χ3v) is 6.62. The van der Waals surface area contributed by atoms with Gasteiger partial charge in [-0.1, -0.05) is 30.3 Å². The normalized spacial score (nSPS) is 15.4. The summed E-state index contributed by atoms with van der Waals surface area (Å²) in [5, 5.41) is 2.56. The first kappa shape index (κ1) is 17.1. The number of pyridine rings is 1. The monoisotopic (exact) mass is 389 g/mol. The van der Waals surface area contributed by atoms with Crippen molar-refractivity contribution in [2.45, 2.75) is 18.8 Å². The molecule has 6 heteroatoms. The molecule has 1 fully saturated rings. The number of aromatic nitrogens is 2. The lowest BCUT2D eigenvalue weighted by atomic mass is 9.97. The molecule has 3 heterocycles. The topological polar surface area (TPSA) is 66.1 Å². The minimum absolute atomic E-state index is 0.106. The molecule has 0 atom stereocenters. The predicted octanol–water partition coefficient (Wildman–Crippen LogP) is 4.16. The van der Waals surface area contributed by atoms with Crippen molar-refractivity contribution in [3.05, 3.63) is 75.7 Å². The molecule has 1 aliphatic rings. The van der Waals surface area contributed by atoms with Crippen LogP contribution in [0.4, 0.5) is 0 Å². The van der Waals surface area contributed by atoms with Crippen molar-refractivity contribution in [1.29, 1.82) is 0 Å². The van der Waals surface area contributed by atoms with E-state index >= 15 is 0 Å². The number of thiazole rings is 1. The lowest BCUT2D eigenvalue weighted by molar-refractivity contribution is 0.0707. The molecule has 0 bridgehead atoms. The van der Waals surface area contributed by atoms with Crippen molar-refractivity contribution in [2.75, 3.05) is 13.1 Å². The molecule has 140 valence electrons. The maximum Gasteiger partial charge on any atom is 0.270 e. The number of hydrogen-bond donors (Lipinski definition) is 1. The Labute approximate surface area is 165 Å². The molecular weight excluding hydrogens is 370 g/mol. The number of likely N-dealkylation sites (tertiary alicyclic amines) is 1. The van der Waals surface area contributed by atoms with Gasteiger partial charge in [0.2, 0.25) is 0 Å². The molecule has 1 aliphatic heterocycles. The first-order valence-electron chi connectivity index (χ1n) is 9.46. The highest BCUT2D eigenvalue weighted by molar-refractivity contribution is 7.18. The number of carbonyl (C=O) groups excluding carboxylic acids is 1. The van der Waals surface area contributed by atoms with Crippen LogP contribution in [0.5, 0.6) is 0 Å². The molecule has 0 unspecified atom stereocenters. The van der Waals surface area contributed by atoms with E-state index < -0.39 is 0 Å². The van der Waals surface area contributed by atoms with E-state index in [1.165, 1.54) is 4.70 Å². The van der Waals surface area contributed by atoms with Gasteiger partial charge >= 0.3 is 0 Å². The van der Waals surface area contributed by atoms with Crippen LogP contribution in [0.25, 0.3) is 21.0 Å². The Balaban J connectivity index is 1.34. The van der Waals surface area contributed by atoms with Gasteiger partial charge in [0, 0.05) is 24.4 Å². The molecule has 1 saturated heterocycles. The van der Waals surface area contributed by atoms with E-state index in [1.807, 2.05) is 41.3 Å². The largest absolute Gasteiger partial charge is 0.337 e. The Morgan fingerprint density at radius 2 is 1.82 bits per heavy atom. The third kappa shape index (κ3) is 2.99. The van der Waals surface area contributed by atoms with Crippen LogP contribution in [0.1, 0.15) is 34.3 Å². The van der Waals surface area contributed by atoms with Gasteiger partial charge in [0.15, 0.2) is 0 Å². The van der Waals surface area contributed by atoms with Crippen LogP contribution in [-0.4, -0.2) is 33.9 Å². The van der Waals surface area contributed by atoms with Crippen LogP contribution in [0.15, 0.2) is 59.4 Å². The Morgan fingerprint density at radius 3 is 2.64 bits per heavy atom. The number of nitrogens with one attached hydrogen (secondary N) is 1. The smallest absolute Gasteiger partial charge is 0.270 e. The van der Waals surface area contributed by atoms with Gasteiger partial charge in [-0.05, 0) is 42.5 Å². The number of amides is 1. The Hall–Kier alpha value is -2.99. The van der Waals surface area contributed by atoms with Crippen molar-refractivity contribution in [3.63, 3.8) is 0 Å². The average Bonchev–Trinajstić information content (AvgIpc) is 3.18. The highest BCUT2D eigenvalue weighted by atomic mass is 32.1. The zero-order valence-corrected chi connectivity index (χ0v) is 16.0. The van der Waals surface area contributed by atoms with E-state index in [2.05, 4.69) is 11.1 Å². The van der Waals surface area contributed by atoms with E-state index in [1.54, 1.807) is 23.5 Å². The molecule has 0 radical (unpaired) electrons. The van der Waals surface area contributed by atoms with Crippen LogP contribution >= 0.6 is 11.3 Å². The van der Waals surface area contributed by atoms with Crippen LogP contribution in [-0.2, 0) is 0 Å². The van der Waals surface area contributed by atoms with Crippen molar-refractivity contribution < 1.29 is 4.79 Å². The number of hydrogen-bond acceptors (Lipinski definition) is 4. The summed E-state index contributed by atoms with van der Waals surface area (Å²) in [7, 11) is 0. The summed E-state index contributed by atoms with van der Waals surface area (Å²) in [5.74, 6) is 0.280. The molecule has 28 heavy (non-hydrogen) atoms. The number of para-hydroxylation sites is 1. The van der Waals surface area contributed by atoms with E-state index in [0.717, 1.165) is 28.8 Å². The SMILES string of the molecule is O=C(c1cc2ccccc2c(=O)[nH]1)N1CCC(c2nc3ccccc3s2)CC1. The minimum atomic E-state index is -0.217. The van der Waals surface area contributed by atoms with Gasteiger partial charge in [-0.3, -0.25) is 9.59 Å². The summed E-state index contributed by atoms with van der Waals surface area (Å²) in [6.07, 6.45) is 1.78. The third-order valence-electron chi connectivity index (χ3n) is 5.43. The first-order chi connectivity index (χ1) is 13.7. The number of rotatable bonds is 2. The summed E-state index contributed by atoms with van der Waals surface area (Å²) < 4.78 is 1.21. The van der Waals surface area contributed by atoms with Gasteiger partial charge in [-0.15, -0.1) is 11.3 Å². The quantitative estimate of drug-likeness (QED) is 0.560. The fraction of sp³-hybridized carbons (Fsp3) is 0.227. The highest BCUT2D eigenvalue weighted by Gasteiger charge is 2.27. The summed E-state index contributed by atoms with van der Waals surface area (Å²) in [5.41, 5.74) is 1.20. The second-order valence-corrected chi connectivity index (χ2v) is 8.25. The lowest BCUT2D eigenvalue weighted by Gasteiger charge is -2.31. The van der Waals surface area contributed by atoms with E-state index in [4.69, 9.17) is 4.98 Å². The Kier molecular flexibility index (Phi) is 4.20. The maximum atomic E-state index is 12.9. The molecule has 0 aliphatic carbocycles. The summed E-state index contributed by atoms with van der Waals surface area (Å²) in [4.78, 5) is 34.6. The van der Waals surface area contributed by atoms with Gasteiger partial charge < -0.3 is 9.88 Å². The van der Waals surface area contributed by atoms with Gasteiger partial charge in [0.25, 0.3) is 11.5 Å². The highest BCUT2D eigenvalue weighted by Crippen LogP contribution is 2.34. The number of fused-ring (bicyclic) bond motifs is 2. The van der Waals surface area contributed by atoms with Crippen LogP contribution in [0.2, 0.25) is 0 Å². The van der Waals surface area contributed by atoms with Crippen molar-refractivity contribution in [3.8, 4) is 0 Å². The Bertz CT molecular complexity index is 1200. The summed E-state index contributed by atoms with van der Waals surface area (Å²) >= 11 is 1.75. The molecule has 2 aromatic carbocycles. The van der Waals surface area contributed by atoms with Crippen LogP contribution in [0, 0.1) is 0 Å². The fourth-order valence-corrected chi connectivity index (χ4v) is 5.03. The Morgan fingerprint density at radius 1 is 1.07 bits per heavy atom. The number of nitrogens with zero attached hydrogens (tertiary/aromatic N) is 2. The average molecular weight is 389 g/mol. The van der Waals surface area contributed by atoms with E-state index in [-0.39, 0.29) is 11.5 Å². The number of piperidine rings is 1. The molecule has 5 rings (SSSR count). The minimum Gasteiger partial charge on any atom is -0.337 e. The standard InChI is InChI=1S/C22H19N3O2S/c26-20-16-6-2-1-5-15(16)13-18(23-20)22(27)25-11-9-14(10-12-25)21-24-17-7-3-4-8-19(17)28-21/h1-8,13-14H,9-12H2,(H,23,26). The lowest BCUT2D eigenvalue weighted by Crippen LogP contribution is -2.38. The fourth-order valence-electron chi connectivity index (χ4n) is 3.89. The van der Waals surface area contributed by atoms with Crippen LogP contribution < -0.4 is 5.56 Å². The molecule has 4 aromatic rings. The molecular formula is C22H19N3O2S. The molecule has 1 N–H and O–H groups in total.